The summed E-state index contributed by atoms with van der Waals surface area (Å²) in [6.45, 7) is 0. The molecule has 1 heterocycles. The Kier molecular flexibility index (Phi) is 2.52. The summed E-state index contributed by atoms with van der Waals surface area (Å²) in [7, 11) is 0. The predicted molar refractivity (Wildman–Crippen MR) is 54.7 cm³/mol. The normalized spacial score (nSPS) is 32.0. The minimum atomic E-state index is -0.617. The molecule has 76 valence electrons. The fraction of sp³-hybridized carbons (Fsp3) is 0.545. The molecule has 1 aromatic rings. The van der Waals surface area contributed by atoms with Crippen LogP contribution in [0.3, 0.4) is 0 Å². The minimum Gasteiger partial charge on any atom is -0.389 e. The molecular formula is C11H16N2O. The van der Waals surface area contributed by atoms with Crippen molar-refractivity contribution in [3.05, 3.63) is 30.1 Å². The third-order valence-corrected chi connectivity index (χ3v) is 2.86. The topological polar surface area (TPSA) is 59.1 Å². The first-order valence-corrected chi connectivity index (χ1v) is 5.06. The van der Waals surface area contributed by atoms with Crippen LogP contribution < -0.4 is 5.73 Å². The van der Waals surface area contributed by atoms with Crippen molar-refractivity contribution in [3.8, 4) is 0 Å². The van der Waals surface area contributed by atoms with E-state index < -0.39 is 5.60 Å². The molecule has 3 nitrogen and oxygen atoms in total. The number of nitrogens with two attached hydrogens (primary N) is 1. The summed E-state index contributed by atoms with van der Waals surface area (Å²) in [5.74, 6) is 0. The first-order valence-electron chi connectivity index (χ1n) is 5.06. The smallest absolute Gasteiger partial charge is 0.0718 e. The molecule has 1 aromatic heterocycles. The lowest BCUT2D eigenvalue weighted by molar-refractivity contribution is 0.0459. The number of pyridine rings is 1. The molecule has 1 aliphatic rings. The van der Waals surface area contributed by atoms with Gasteiger partial charge < -0.3 is 10.8 Å². The van der Waals surface area contributed by atoms with Gasteiger partial charge in [-0.1, -0.05) is 6.07 Å². The summed E-state index contributed by atoms with van der Waals surface area (Å²) in [6, 6.07) is 5.93. The summed E-state index contributed by atoms with van der Waals surface area (Å²) in [5, 5.41) is 10.2. The summed E-state index contributed by atoms with van der Waals surface area (Å²) < 4.78 is 0. The van der Waals surface area contributed by atoms with Crippen molar-refractivity contribution in [2.75, 3.05) is 0 Å². The Morgan fingerprint density at radius 2 is 2.43 bits per heavy atom. The van der Waals surface area contributed by atoms with Gasteiger partial charge in [-0.3, -0.25) is 4.98 Å². The quantitative estimate of drug-likeness (QED) is 0.731. The average molecular weight is 192 g/mol. The van der Waals surface area contributed by atoms with Gasteiger partial charge in [0.1, 0.15) is 0 Å². The van der Waals surface area contributed by atoms with Gasteiger partial charge in [-0.2, -0.15) is 0 Å². The molecule has 1 saturated carbocycles. The van der Waals surface area contributed by atoms with Crippen molar-refractivity contribution >= 4 is 0 Å². The fourth-order valence-electron chi connectivity index (χ4n) is 2.15. The van der Waals surface area contributed by atoms with Crippen molar-refractivity contribution in [2.45, 2.75) is 37.3 Å². The third kappa shape index (κ3) is 2.11. The summed E-state index contributed by atoms with van der Waals surface area (Å²) in [4.78, 5) is 4.21. The molecule has 2 atom stereocenters. The Morgan fingerprint density at radius 3 is 3.00 bits per heavy atom. The van der Waals surface area contributed by atoms with Crippen LogP contribution in [0.4, 0.5) is 0 Å². The predicted octanol–water partition coefficient (Wildman–Crippen LogP) is 0.866. The molecule has 2 rings (SSSR count). The molecule has 14 heavy (non-hydrogen) atoms. The van der Waals surface area contributed by atoms with Crippen LogP contribution in [-0.2, 0) is 6.42 Å². The highest BCUT2D eigenvalue weighted by Crippen LogP contribution is 2.31. The van der Waals surface area contributed by atoms with E-state index in [9.17, 15) is 5.11 Å². The molecule has 3 N–H and O–H groups in total. The number of hydrogen-bond donors (Lipinski definition) is 2. The Bertz CT molecular complexity index is 301. The lowest BCUT2D eigenvalue weighted by atomic mass is 9.95. The van der Waals surface area contributed by atoms with E-state index in [0.29, 0.717) is 12.8 Å². The van der Waals surface area contributed by atoms with Crippen LogP contribution >= 0.6 is 0 Å². The molecule has 0 spiro atoms. The first kappa shape index (κ1) is 9.62. The van der Waals surface area contributed by atoms with Crippen LogP contribution in [0.15, 0.2) is 24.4 Å². The number of aliphatic hydroxyl groups is 1. The molecular weight excluding hydrogens is 176 g/mol. The van der Waals surface area contributed by atoms with Crippen molar-refractivity contribution in [1.29, 1.82) is 0 Å². The van der Waals surface area contributed by atoms with Crippen LogP contribution in [0, 0.1) is 0 Å². The Labute approximate surface area is 84.0 Å². The average Bonchev–Trinajstić information content (AvgIpc) is 2.47. The maximum absolute atomic E-state index is 10.2. The largest absolute Gasteiger partial charge is 0.389 e. The van der Waals surface area contributed by atoms with Gasteiger partial charge in [0.25, 0.3) is 0 Å². The van der Waals surface area contributed by atoms with E-state index in [1.165, 1.54) is 0 Å². The SMILES string of the molecule is NC1CCC(O)(Cc2ccccn2)C1. The fourth-order valence-corrected chi connectivity index (χ4v) is 2.15. The van der Waals surface area contributed by atoms with E-state index in [1.54, 1.807) is 6.20 Å². The third-order valence-electron chi connectivity index (χ3n) is 2.86. The highest BCUT2D eigenvalue weighted by atomic mass is 16.3. The summed E-state index contributed by atoms with van der Waals surface area (Å²) in [5.41, 5.74) is 6.11. The minimum absolute atomic E-state index is 0.156. The second kappa shape index (κ2) is 3.67. The Hall–Kier alpha value is -0.930. The molecule has 0 aliphatic heterocycles. The van der Waals surface area contributed by atoms with Crippen molar-refractivity contribution in [2.24, 2.45) is 5.73 Å². The van der Waals surface area contributed by atoms with Gasteiger partial charge in [0.15, 0.2) is 0 Å². The zero-order valence-electron chi connectivity index (χ0n) is 8.19. The van der Waals surface area contributed by atoms with Crippen molar-refractivity contribution in [1.82, 2.24) is 4.98 Å². The van der Waals surface area contributed by atoms with E-state index >= 15 is 0 Å². The van der Waals surface area contributed by atoms with Crippen LogP contribution in [0.25, 0.3) is 0 Å². The second-order valence-electron chi connectivity index (χ2n) is 4.23. The molecule has 3 heteroatoms. The lowest BCUT2D eigenvalue weighted by Crippen LogP contribution is -2.30. The Balaban J connectivity index is 2.04. The Morgan fingerprint density at radius 1 is 1.57 bits per heavy atom. The molecule has 0 saturated heterocycles. The standard InChI is InChI=1S/C11H16N2O/c12-9-4-5-11(14,7-9)8-10-3-1-2-6-13-10/h1-3,6,9,14H,4-5,7-8,12H2. The highest BCUT2D eigenvalue weighted by Gasteiger charge is 2.35. The van der Waals surface area contributed by atoms with E-state index in [0.717, 1.165) is 18.5 Å². The molecule has 0 aromatic carbocycles. The summed E-state index contributed by atoms with van der Waals surface area (Å²) in [6.07, 6.45) is 4.80. The van der Waals surface area contributed by atoms with Crippen molar-refractivity contribution < 1.29 is 5.11 Å². The van der Waals surface area contributed by atoms with E-state index in [1.807, 2.05) is 18.2 Å². The maximum Gasteiger partial charge on any atom is 0.0718 e. The van der Waals surface area contributed by atoms with Gasteiger partial charge in [0.05, 0.1) is 5.60 Å². The summed E-state index contributed by atoms with van der Waals surface area (Å²) >= 11 is 0. The molecule has 1 aliphatic carbocycles. The van der Waals surface area contributed by atoms with Crippen LogP contribution in [0.5, 0.6) is 0 Å². The lowest BCUT2D eigenvalue weighted by Gasteiger charge is -2.21. The number of nitrogens with zero attached hydrogens (tertiary/aromatic N) is 1. The van der Waals surface area contributed by atoms with Crippen LogP contribution in [0.2, 0.25) is 0 Å². The molecule has 2 unspecified atom stereocenters. The monoisotopic (exact) mass is 192 g/mol. The molecule has 0 amide bonds. The number of hydrogen-bond acceptors (Lipinski definition) is 3. The van der Waals surface area contributed by atoms with E-state index in [-0.39, 0.29) is 6.04 Å². The first-order chi connectivity index (χ1) is 6.68. The van der Waals surface area contributed by atoms with Crippen molar-refractivity contribution in [3.63, 3.8) is 0 Å². The van der Waals surface area contributed by atoms with Gasteiger partial charge >= 0.3 is 0 Å². The maximum atomic E-state index is 10.2. The zero-order valence-corrected chi connectivity index (χ0v) is 8.19. The van der Waals surface area contributed by atoms with Gasteiger partial charge in [-0.05, 0) is 31.4 Å². The van der Waals surface area contributed by atoms with Crippen LogP contribution in [-0.4, -0.2) is 21.7 Å². The van der Waals surface area contributed by atoms with Gasteiger partial charge in [0.2, 0.25) is 0 Å². The van der Waals surface area contributed by atoms with E-state index in [4.69, 9.17) is 5.73 Å². The van der Waals surface area contributed by atoms with E-state index in [2.05, 4.69) is 4.98 Å². The van der Waals surface area contributed by atoms with Gasteiger partial charge in [-0.15, -0.1) is 0 Å². The zero-order chi connectivity index (χ0) is 10.0. The second-order valence-corrected chi connectivity index (χ2v) is 4.23. The molecule has 0 radical (unpaired) electrons. The van der Waals surface area contributed by atoms with Gasteiger partial charge in [-0.25, -0.2) is 0 Å². The van der Waals surface area contributed by atoms with Gasteiger partial charge in [0, 0.05) is 24.4 Å². The number of rotatable bonds is 2. The highest BCUT2D eigenvalue weighted by molar-refractivity contribution is 5.08. The molecule has 0 bridgehead atoms. The number of aromatic nitrogens is 1. The molecule has 1 fully saturated rings. The van der Waals surface area contributed by atoms with Crippen LogP contribution in [0.1, 0.15) is 25.0 Å².